The maximum absolute atomic E-state index is 12.4. The molecule has 1 heterocycles. The number of aromatic nitrogens is 3. The van der Waals surface area contributed by atoms with Crippen molar-refractivity contribution < 1.29 is 9.59 Å². The van der Waals surface area contributed by atoms with Crippen LogP contribution in [0.1, 0.15) is 16.2 Å². The highest BCUT2D eigenvalue weighted by atomic mass is 35.5. The lowest BCUT2D eigenvalue weighted by molar-refractivity contribution is -0.113. The van der Waals surface area contributed by atoms with Crippen molar-refractivity contribution in [2.75, 3.05) is 11.1 Å². The van der Waals surface area contributed by atoms with Gasteiger partial charge < -0.3 is 15.2 Å². The van der Waals surface area contributed by atoms with E-state index >= 15 is 0 Å². The van der Waals surface area contributed by atoms with Crippen LogP contribution in [0.25, 0.3) is 0 Å². The van der Waals surface area contributed by atoms with Crippen LogP contribution in [0.2, 0.25) is 15.1 Å². The molecule has 7 nitrogen and oxygen atoms in total. The Labute approximate surface area is 204 Å². The highest BCUT2D eigenvalue weighted by Gasteiger charge is 2.16. The number of thioether (sulfide) groups is 1. The first-order valence-corrected chi connectivity index (χ1v) is 11.4. The second-order valence-electron chi connectivity index (χ2n) is 6.43. The van der Waals surface area contributed by atoms with E-state index in [2.05, 4.69) is 27.4 Å². The second kappa shape index (κ2) is 11.4. The average Bonchev–Trinajstić information content (AvgIpc) is 3.16. The third kappa shape index (κ3) is 6.26. The number of benzene rings is 2. The van der Waals surface area contributed by atoms with E-state index in [-0.39, 0.29) is 24.1 Å². The molecule has 11 heteroatoms. The number of halogens is 3. The summed E-state index contributed by atoms with van der Waals surface area (Å²) in [6, 6.07) is 11.6. The quantitative estimate of drug-likeness (QED) is 0.309. The third-order valence-corrected chi connectivity index (χ3v) is 6.21. The molecule has 0 radical (unpaired) electrons. The molecule has 166 valence electrons. The van der Waals surface area contributed by atoms with Gasteiger partial charge in [-0.1, -0.05) is 64.8 Å². The highest BCUT2D eigenvalue weighted by molar-refractivity contribution is 7.99. The molecule has 0 saturated heterocycles. The maximum atomic E-state index is 12.4. The van der Waals surface area contributed by atoms with Gasteiger partial charge in [-0.2, -0.15) is 0 Å². The van der Waals surface area contributed by atoms with E-state index < -0.39 is 0 Å². The lowest BCUT2D eigenvalue weighted by Crippen LogP contribution is -2.25. The number of hydrogen-bond donors (Lipinski definition) is 2. The van der Waals surface area contributed by atoms with Crippen LogP contribution in [0.4, 0.5) is 5.69 Å². The van der Waals surface area contributed by atoms with Crippen molar-refractivity contribution in [1.82, 2.24) is 20.1 Å². The minimum absolute atomic E-state index is 0.107. The van der Waals surface area contributed by atoms with Crippen LogP contribution in [-0.2, 0) is 17.9 Å². The fraction of sp³-hybridized carbons (Fsp3) is 0.143. The second-order valence-corrected chi connectivity index (χ2v) is 8.59. The minimum atomic E-state index is -0.329. The Morgan fingerprint density at radius 2 is 1.84 bits per heavy atom. The van der Waals surface area contributed by atoms with Gasteiger partial charge in [0.25, 0.3) is 5.91 Å². The smallest absolute Gasteiger partial charge is 0.251 e. The van der Waals surface area contributed by atoms with Gasteiger partial charge in [0.2, 0.25) is 5.91 Å². The summed E-state index contributed by atoms with van der Waals surface area (Å²) in [6.07, 6.45) is 1.68. The Morgan fingerprint density at radius 1 is 1.06 bits per heavy atom. The van der Waals surface area contributed by atoms with Gasteiger partial charge in [-0.05, 0) is 30.3 Å². The topological polar surface area (TPSA) is 88.9 Å². The molecule has 0 aliphatic rings. The fourth-order valence-electron chi connectivity index (χ4n) is 2.65. The van der Waals surface area contributed by atoms with E-state index in [9.17, 15) is 9.59 Å². The van der Waals surface area contributed by atoms with Gasteiger partial charge >= 0.3 is 0 Å². The Balaban J connectivity index is 1.62. The molecule has 32 heavy (non-hydrogen) atoms. The van der Waals surface area contributed by atoms with Gasteiger partial charge in [-0.3, -0.25) is 9.59 Å². The van der Waals surface area contributed by atoms with Crippen molar-refractivity contribution >= 4 is 64.1 Å². The zero-order valence-electron chi connectivity index (χ0n) is 16.6. The van der Waals surface area contributed by atoms with Crippen LogP contribution in [0.3, 0.4) is 0 Å². The molecule has 2 aromatic carbocycles. The number of carbonyl (C=O) groups is 2. The van der Waals surface area contributed by atoms with Gasteiger partial charge in [0.15, 0.2) is 11.0 Å². The van der Waals surface area contributed by atoms with Gasteiger partial charge in [0.1, 0.15) is 0 Å². The van der Waals surface area contributed by atoms with Crippen molar-refractivity contribution in [3.8, 4) is 0 Å². The zero-order valence-corrected chi connectivity index (χ0v) is 19.7. The largest absolute Gasteiger partial charge is 0.345 e. The van der Waals surface area contributed by atoms with Gasteiger partial charge in [0.05, 0.1) is 33.1 Å². The van der Waals surface area contributed by atoms with Crippen molar-refractivity contribution in [2.45, 2.75) is 18.2 Å². The molecule has 0 spiro atoms. The molecule has 0 fully saturated rings. The summed E-state index contributed by atoms with van der Waals surface area (Å²) in [5.41, 5.74) is 0.915. The number of nitrogens with zero attached hydrogens (tertiary/aromatic N) is 3. The normalized spacial score (nSPS) is 10.6. The lowest BCUT2D eigenvalue weighted by atomic mass is 10.2. The fourth-order valence-corrected chi connectivity index (χ4v) is 3.89. The summed E-state index contributed by atoms with van der Waals surface area (Å²) in [4.78, 5) is 24.7. The molecule has 3 aromatic rings. The Kier molecular flexibility index (Phi) is 8.58. The van der Waals surface area contributed by atoms with E-state index in [1.165, 1.54) is 17.8 Å². The third-order valence-electron chi connectivity index (χ3n) is 4.17. The first-order chi connectivity index (χ1) is 15.4. The Hall–Kier alpha value is -2.52. The van der Waals surface area contributed by atoms with E-state index in [0.717, 1.165) is 0 Å². The number of hydrogen-bond acceptors (Lipinski definition) is 5. The standard InChI is InChI=1S/C21H18Cl3N5O2S/c1-2-9-29-18(11-25-20(31)13-7-8-14(22)16(24)10-13)27-28-21(29)32-12-19(30)26-17-6-4-3-5-15(17)23/h2-8,10H,1,9,11-12H2,(H,25,31)(H,26,30). The molecule has 2 amide bonds. The molecule has 0 saturated carbocycles. The van der Waals surface area contributed by atoms with Crippen molar-refractivity contribution in [2.24, 2.45) is 0 Å². The van der Waals surface area contributed by atoms with Gasteiger partial charge in [-0.25, -0.2) is 0 Å². The first kappa shape index (κ1) is 24.1. The van der Waals surface area contributed by atoms with Crippen LogP contribution in [0, 0.1) is 0 Å². The number of carbonyl (C=O) groups excluding carboxylic acids is 2. The summed E-state index contributed by atoms with van der Waals surface area (Å²) in [7, 11) is 0. The Morgan fingerprint density at radius 3 is 2.56 bits per heavy atom. The number of anilines is 1. The SMILES string of the molecule is C=CCn1c(CNC(=O)c2ccc(Cl)c(Cl)c2)nnc1SCC(=O)Nc1ccccc1Cl. The van der Waals surface area contributed by atoms with Crippen LogP contribution in [0.15, 0.2) is 60.3 Å². The molecule has 3 rings (SSSR count). The number of amides is 2. The van der Waals surface area contributed by atoms with Crippen molar-refractivity contribution in [1.29, 1.82) is 0 Å². The number of para-hydroxylation sites is 1. The summed E-state index contributed by atoms with van der Waals surface area (Å²) in [5, 5.41) is 15.5. The zero-order chi connectivity index (χ0) is 23.1. The molecular formula is C21H18Cl3N5O2S. The maximum Gasteiger partial charge on any atom is 0.251 e. The molecule has 1 aromatic heterocycles. The van der Waals surface area contributed by atoms with E-state index in [1.807, 2.05) is 0 Å². The van der Waals surface area contributed by atoms with Crippen LogP contribution in [-0.4, -0.2) is 32.3 Å². The van der Waals surface area contributed by atoms with E-state index in [4.69, 9.17) is 34.8 Å². The van der Waals surface area contributed by atoms with Crippen molar-refractivity contribution in [3.63, 3.8) is 0 Å². The molecule has 0 atom stereocenters. The van der Waals surface area contributed by atoms with Crippen LogP contribution >= 0.6 is 46.6 Å². The summed E-state index contributed by atoms with van der Waals surface area (Å²) < 4.78 is 1.77. The predicted molar refractivity (Wildman–Crippen MR) is 129 cm³/mol. The number of rotatable bonds is 9. The molecule has 0 aliphatic carbocycles. The summed E-state index contributed by atoms with van der Waals surface area (Å²) in [5.74, 6) is 0.0685. The van der Waals surface area contributed by atoms with Crippen LogP contribution in [0.5, 0.6) is 0 Å². The molecule has 0 unspecified atom stereocenters. The molecule has 2 N–H and O–H groups in total. The monoisotopic (exact) mass is 509 g/mol. The molecule has 0 bridgehead atoms. The number of allylic oxidation sites excluding steroid dienone is 1. The first-order valence-electron chi connectivity index (χ1n) is 9.32. The lowest BCUT2D eigenvalue weighted by Gasteiger charge is -2.10. The highest BCUT2D eigenvalue weighted by Crippen LogP contribution is 2.23. The van der Waals surface area contributed by atoms with Crippen LogP contribution < -0.4 is 10.6 Å². The number of nitrogens with one attached hydrogen (secondary N) is 2. The summed E-state index contributed by atoms with van der Waals surface area (Å²) in [6.45, 7) is 4.29. The Bertz CT molecular complexity index is 1150. The minimum Gasteiger partial charge on any atom is -0.345 e. The van der Waals surface area contributed by atoms with Gasteiger partial charge in [0, 0.05) is 12.1 Å². The predicted octanol–water partition coefficient (Wildman–Crippen LogP) is 5.09. The van der Waals surface area contributed by atoms with E-state index in [0.29, 0.717) is 43.8 Å². The molecular weight excluding hydrogens is 493 g/mol. The molecule has 0 aliphatic heterocycles. The average molecular weight is 511 g/mol. The summed E-state index contributed by atoms with van der Waals surface area (Å²) >= 11 is 19.1. The van der Waals surface area contributed by atoms with E-state index in [1.54, 1.807) is 47.0 Å². The van der Waals surface area contributed by atoms with Gasteiger partial charge in [-0.15, -0.1) is 16.8 Å². The van der Waals surface area contributed by atoms with Crippen molar-refractivity contribution in [3.05, 3.63) is 81.6 Å².